The smallest absolute Gasteiger partial charge is 0.358 e. The average molecular weight is 294 g/mol. The molecule has 1 rings (SSSR count). The Balaban J connectivity index is 2.99. The van der Waals surface area contributed by atoms with Crippen LogP contribution in [-0.2, 0) is 19.6 Å². The van der Waals surface area contributed by atoms with Gasteiger partial charge in [0.25, 0.3) is 10.0 Å². The molecule has 0 aliphatic rings. The lowest BCUT2D eigenvalue weighted by molar-refractivity contribution is -0.0357. The van der Waals surface area contributed by atoms with Crippen molar-refractivity contribution in [2.75, 3.05) is 7.11 Å². The number of carbonyl (C=O) groups excluding carboxylic acids is 1. The molecule has 0 spiro atoms. The van der Waals surface area contributed by atoms with Crippen LogP contribution in [0.1, 0.15) is 31.3 Å². The summed E-state index contributed by atoms with van der Waals surface area (Å²) < 4.78 is 28.0. The second kappa shape index (κ2) is 5.31. The van der Waals surface area contributed by atoms with E-state index in [-0.39, 0.29) is 9.90 Å². The maximum atomic E-state index is 11.9. The van der Waals surface area contributed by atoms with Gasteiger partial charge in [-0.15, -0.1) is 11.3 Å². The monoisotopic (exact) mass is 294 g/mol. The first kappa shape index (κ1) is 15.0. The normalized spacial score (nSPS) is 12.4. The number of ether oxygens (including phenoxy) is 1. The Labute approximate surface area is 109 Å². The van der Waals surface area contributed by atoms with Gasteiger partial charge in [-0.3, -0.25) is 4.84 Å². The largest absolute Gasteiger partial charge is 0.464 e. The summed E-state index contributed by atoms with van der Waals surface area (Å²) in [6, 6.07) is 0. The van der Waals surface area contributed by atoms with Crippen molar-refractivity contribution in [3.63, 3.8) is 0 Å². The zero-order valence-corrected chi connectivity index (χ0v) is 12.0. The van der Waals surface area contributed by atoms with Gasteiger partial charge in [-0.05, 0) is 20.8 Å². The number of hydrogen-bond donors (Lipinski definition) is 1. The zero-order chi connectivity index (χ0) is 14.0. The van der Waals surface area contributed by atoms with Crippen LogP contribution in [0.4, 0.5) is 0 Å². The molecule has 1 aromatic heterocycles. The first-order valence-corrected chi connectivity index (χ1v) is 7.25. The second-order valence-electron chi connectivity index (χ2n) is 4.28. The lowest BCUT2D eigenvalue weighted by Crippen LogP contribution is -2.33. The standard InChI is InChI=1S/C9H14N2O5S2/c1-9(2,3)16-11-18(13,14)8-6(7(12)15-4)10-5-17-8/h5,11H,1-4H3. The molecule has 0 amide bonds. The Morgan fingerprint density at radius 3 is 2.56 bits per heavy atom. The van der Waals surface area contributed by atoms with Gasteiger partial charge in [-0.25, -0.2) is 18.2 Å². The van der Waals surface area contributed by atoms with E-state index in [0.29, 0.717) is 0 Å². The molecule has 0 aliphatic heterocycles. The highest BCUT2D eigenvalue weighted by molar-refractivity contribution is 7.91. The first-order chi connectivity index (χ1) is 8.17. The van der Waals surface area contributed by atoms with E-state index in [2.05, 4.69) is 9.72 Å². The van der Waals surface area contributed by atoms with Crippen LogP contribution in [0.5, 0.6) is 0 Å². The van der Waals surface area contributed by atoms with Gasteiger partial charge in [-0.1, -0.05) is 4.89 Å². The molecule has 1 aromatic rings. The molecule has 102 valence electrons. The summed E-state index contributed by atoms with van der Waals surface area (Å²) in [4.78, 5) is 21.9. The van der Waals surface area contributed by atoms with Gasteiger partial charge in [0.1, 0.15) is 0 Å². The third-order valence-corrected chi connectivity index (χ3v) is 4.16. The van der Waals surface area contributed by atoms with E-state index in [9.17, 15) is 13.2 Å². The maximum Gasteiger partial charge on any atom is 0.358 e. The summed E-state index contributed by atoms with van der Waals surface area (Å²) in [7, 11) is -2.80. The first-order valence-electron chi connectivity index (χ1n) is 4.89. The number of aromatic nitrogens is 1. The molecule has 0 saturated carbocycles. The fourth-order valence-electron chi connectivity index (χ4n) is 0.876. The Morgan fingerprint density at radius 1 is 1.44 bits per heavy atom. The SMILES string of the molecule is COC(=O)c1ncsc1S(=O)(=O)NOC(C)(C)C. The molecule has 0 radical (unpaired) electrons. The molecule has 18 heavy (non-hydrogen) atoms. The molecule has 0 saturated heterocycles. The minimum absolute atomic E-state index is 0.237. The number of rotatable bonds is 4. The summed E-state index contributed by atoms with van der Waals surface area (Å²) in [5.41, 5.74) is 0.300. The van der Waals surface area contributed by atoms with E-state index in [1.54, 1.807) is 20.8 Å². The summed E-state index contributed by atoms with van der Waals surface area (Å²) in [6.07, 6.45) is 0. The zero-order valence-electron chi connectivity index (χ0n) is 10.4. The van der Waals surface area contributed by atoms with E-state index >= 15 is 0 Å². The highest BCUT2D eigenvalue weighted by Gasteiger charge is 2.28. The van der Waals surface area contributed by atoms with Crippen LogP contribution in [0.15, 0.2) is 9.72 Å². The molecule has 0 fully saturated rings. The molecule has 9 heteroatoms. The quantitative estimate of drug-likeness (QED) is 0.656. The van der Waals surface area contributed by atoms with E-state index < -0.39 is 21.6 Å². The van der Waals surface area contributed by atoms with Gasteiger partial charge in [0.05, 0.1) is 18.2 Å². The van der Waals surface area contributed by atoms with Crippen LogP contribution in [0.3, 0.4) is 0 Å². The molecule has 0 bridgehead atoms. The number of carbonyl (C=O) groups is 1. The number of nitrogens with zero attached hydrogens (tertiary/aromatic N) is 1. The predicted molar refractivity (Wildman–Crippen MR) is 64.6 cm³/mol. The average Bonchev–Trinajstić information content (AvgIpc) is 2.74. The topological polar surface area (TPSA) is 94.6 Å². The molecule has 1 heterocycles. The van der Waals surface area contributed by atoms with Crippen LogP contribution in [0.25, 0.3) is 0 Å². The molecule has 1 N–H and O–H groups in total. The number of nitrogens with one attached hydrogen (secondary N) is 1. The second-order valence-corrected chi connectivity index (χ2v) is 6.98. The molecular weight excluding hydrogens is 280 g/mol. The number of methoxy groups -OCH3 is 1. The van der Waals surface area contributed by atoms with Gasteiger partial charge in [0.2, 0.25) is 0 Å². The number of thiazole rings is 1. The minimum Gasteiger partial charge on any atom is -0.464 e. The summed E-state index contributed by atoms with van der Waals surface area (Å²) >= 11 is 0.808. The summed E-state index contributed by atoms with van der Waals surface area (Å²) in [5, 5.41) is 0. The Hall–Kier alpha value is -1.03. The van der Waals surface area contributed by atoms with Crippen molar-refractivity contribution >= 4 is 27.3 Å². The van der Waals surface area contributed by atoms with Gasteiger partial charge >= 0.3 is 5.97 Å². The van der Waals surface area contributed by atoms with Crippen LogP contribution in [-0.4, -0.2) is 32.1 Å². The van der Waals surface area contributed by atoms with Gasteiger partial charge in [-0.2, -0.15) is 0 Å². The molecule has 7 nitrogen and oxygen atoms in total. The highest BCUT2D eigenvalue weighted by Crippen LogP contribution is 2.21. The van der Waals surface area contributed by atoms with Crippen LogP contribution in [0.2, 0.25) is 0 Å². The van der Waals surface area contributed by atoms with Crippen LogP contribution in [0, 0.1) is 0 Å². The fraction of sp³-hybridized carbons (Fsp3) is 0.556. The summed E-state index contributed by atoms with van der Waals surface area (Å²) in [5.74, 6) is -0.813. The van der Waals surface area contributed by atoms with E-state index in [1.165, 1.54) is 5.51 Å². The van der Waals surface area contributed by atoms with Gasteiger partial charge in [0.15, 0.2) is 9.90 Å². The fourth-order valence-corrected chi connectivity index (χ4v) is 2.94. The Kier molecular flexibility index (Phi) is 4.43. The summed E-state index contributed by atoms with van der Waals surface area (Å²) in [6.45, 7) is 5.05. The van der Waals surface area contributed by atoms with Gasteiger partial charge in [0, 0.05) is 0 Å². The number of esters is 1. The van der Waals surface area contributed by atoms with Crippen molar-refractivity contribution in [3.8, 4) is 0 Å². The lowest BCUT2D eigenvalue weighted by atomic mass is 10.2. The van der Waals surface area contributed by atoms with Crippen molar-refractivity contribution in [2.24, 2.45) is 0 Å². The van der Waals surface area contributed by atoms with E-state index in [0.717, 1.165) is 18.4 Å². The maximum absolute atomic E-state index is 11.9. The van der Waals surface area contributed by atoms with Crippen molar-refractivity contribution < 1.29 is 22.8 Å². The molecule has 0 atom stereocenters. The third-order valence-electron chi connectivity index (χ3n) is 1.62. The van der Waals surface area contributed by atoms with Crippen LogP contribution >= 0.6 is 11.3 Å². The molecular formula is C9H14N2O5S2. The van der Waals surface area contributed by atoms with Crippen LogP contribution < -0.4 is 4.89 Å². The minimum atomic E-state index is -3.95. The Morgan fingerprint density at radius 2 is 2.06 bits per heavy atom. The molecule has 0 unspecified atom stereocenters. The van der Waals surface area contributed by atoms with E-state index in [4.69, 9.17) is 4.84 Å². The third kappa shape index (κ3) is 3.73. The van der Waals surface area contributed by atoms with Gasteiger partial charge < -0.3 is 4.74 Å². The highest BCUT2D eigenvalue weighted by atomic mass is 32.2. The van der Waals surface area contributed by atoms with Crippen molar-refractivity contribution in [1.29, 1.82) is 0 Å². The predicted octanol–water partition coefficient (Wildman–Crippen LogP) is 0.938. The lowest BCUT2D eigenvalue weighted by Gasteiger charge is -2.18. The number of sulfonamides is 1. The Bertz CT molecular complexity index is 529. The van der Waals surface area contributed by atoms with Crippen molar-refractivity contribution in [3.05, 3.63) is 11.2 Å². The van der Waals surface area contributed by atoms with Crippen molar-refractivity contribution in [2.45, 2.75) is 30.6 Å². The van der Waals surface area contributed by atoms with E-state index in [1.807, 2.05) is 4.89 Å². The molecule has 0 aromatic carbocycles. The molecule has 0 aliphatic carbocycles. The number of hydrogen-bond acceptors (Lipinski definition) is 7. The van der Waals surface area contributed by atoms with Crippen molar-refractivity contribution in [1.82, 2.24) is 9.87 Å².